The topological polar surface area (TPSA) is 64.3 Å². The van der Waals surface area contributed by atoms with Crippen LogP contribution in [0.2, 0.25) is 0 Å². The summed E-state index contributed by atoms with van der Waals surface area (Å²) in [5, 5.41) is 4.38. The highest BCUT2D eigenvalue weighted by molar-refractivity contribution is 8.01. The number of unbranched alkanes of at least 4 members (excludes halogenated alkanes) is 4. The first-order valence-corrected chi connectivity index (χ1v) is 8.96. The lowest BCUT2D eigenvalue weighted by Gasteiger charge is -1.97. The van der Waals surface area contributed by atoms with Gasteiger partial charge in [0.05, 0.1) is 0 Å². The molecule has 0 saturated carbocycles. The second-order valence-electron chi connectivity index (χ2n) is 4.87. The van der Waals surface area contributed by atoms with Gasteiger partial charge < -0.3 is 0 Å². The van der Waals surface area contributed by atoms with Crippen molar-refractivity contribution >= 4 is 33.8 Å². The SMILES string of the molecule is CCCCCCCSc1nn2cc(C(C)=O)c(=O)nc2s1. The van der Waals surface area contributed by atoms with Gasteiger partial charge in [-0.1, -0.05) is 55.7 Å². The third-order valence-electron chi connectivity index (χ3n) is 3.10. The van der Waals surface area contributed by atoms with Crippen molar-refractivity contribution in [2.24, 2.45) is 0 Å². The highest BCUT2D eigenvalue weighted by atomic mass is 32.2. The largest absolute Gasteiger partial charge is 0.294 e. The van der Waals surface area contributed by atoms with Crippen LogP contribution in [0.4, 0.5) is 0 Å². The fourth-order valence-corrected chi connectivity index (χ4v) is 3.90. The monoisotopic (exact) mass is 325 g/mol. The number of ketones is 1. The predicted octanol–water partition coefficient (Wildman–Crippen LogP) is 3.42. The van der Waals surface area contributed by atoms with Crippen molar-refractivity contribution < 1.29 is 4.79 Å². The highest BCUT2D eigenvalue weighted by Gasteiger charge is 2.11. The first-order chi connectivity index (χ1) is 10.1. The van der Waals surface area contributed by atoms with Crippen LogP contribution >= 0.6 is 23.1 Å². The van der Waals surface area contributed by atoms with Crippen molar-refractivity contribution in [3.8, 4) is 0 Å². The Labute approximate surface area is 131 Å². The number of carbonyl (C=O) groups is 1. The maximum atomic E-state index is 11.7. The Bertz CT molecular complexity index is 678. The molecule has 0 radical (unpaired) electrons. The van der Waals surface area contributed by atoms with Gasteiger partial charge >= 0.3 is 0 Å². The van der Waals surface area contributed by atoms with E-state index in [1.54, 1.807) is 11.8 Å². The molecule has 2 aromatic heterocycles. The molecule has 0 saturated heterocycles. The van der Waals surface area contributed by atoms with Gasteiger partial charge in [-0.25, -0.2) is 4.52 Å². The lowest BCUT2D eigenvalue weighted by Crippen LogP contribution is -2.17. The van der Waals surface area contributed by atoms with Gasteiger partial charge in [0.2, 0.25) is 4.96 Å². The Morgan fingerprint density at radius 2 is 2.10 bits per heavy atom. The van der Waals surface area contributed by atoms with E-state index in [-0.39, 0.29) is 11.3 Å². The Morgan fingerprint density at radius 3 is 2.81 bits per heavy atom. The standard InChI is InChI=1S/C14H19N3O2S2/c1-3-4-5-6-7-8-20-14-16-17-9-11(10(2)18)12(19)15-13(17)21-14/h9H,3-8H2,1-2H3. The lowest BCUT2D eigenvalue weighted by atomic mass is 10.2. The predicted molar refractivity (Wildman–Crippen MR) is 86.6 cm³/mol. The van der Waals surface area contributed by atoms with Crippen LogP contribution in [0.15, 0.2) is 15.3 Å². The summed E-state index contributed by atoms with van der Waals surface area (Å²) in [5.74, 6) is 0.744. The van der Waals surface area contributed by atoms with E-state index in [4.69, 9.17) is 0 Å². The van der Waals surface area contributed by atoms with Gasteiger partial charge in [-0.15, -0.1) is 5.10 Å². The Hall–Kier alpha value is -1.21. The van der Waals surface area contributed by atoms with E-state index in [1.807, 2.05) is 0 Å². The maximum absolute atomic E-state index is 11.7. The minimum atomic E-state index is -0.470. The van der Waals surface area contributed by atoms with Crippen molar-refractivity contribution in [2.75, 3.05) is 5.75 Å². The normalized spacial score (nSPS) is 11.1. The average molecular weight is 325 g/mol. The molecule has 5 nitrogen and oxygen atoms in total. The number of carbonyl (C=O) groups excluding carboxylic acids is 1. The molecule has 0 fully saturated rings. The number of aromatic nitrogens is 3. The summed E-state index contributed by atoms with van der Waals surface area (Å²) in [6.45, 7) is 3.57. The number of fused-ring (bicyclic) bond motifs is 1. The number of rotatable bonds is 8. The quantitative estimate of drug-likeness (QED) is 0.423. The minimum Gasteiger partial charge on any atom is -0.294 e. The number of thioether (sulfide) groups is 1. The molecule has 114 valence electrons. The molecular formula is C14H19N3O2S2. The third kappa shape index (κ3) is 4.38. The second kappa shape index (κ2) is 7.70. The van der Waals surface area contributed by atoms with Crippen LogP contribution < -0.4 is 5.56 Å². The molecular weight excluding hydrogens is 306 g/mol. The van der Waals surface area contributed by atoms with Crippen LogP contribution in [-0.2, 0) is 0 Å². The molecule has 0 atom stereocenters. The second-order valence-corrected chi connectivity index (χ2v) is 7.17. The van der Waals surface area contributed by atoms with Gasteiger partial charge in [-0.3, -0.25) is 9.59 Å². The molecule has 0 unspecified atom stereocenters. The fraction of sp³-hybridized carbons (Fsp3) is 0.571. The zero-order valence-electron chi connectivity index (χ0n) is 12.3. The summed E-state index contributed by atoms with van der Waals surface area (Å²) in [4.78, 5) is 27.5. The molecule has 0 aliphatic rings. The van der Waals surface area contributed by atoms with Crippen molar-refractivity contribution in [1.82, 2.24) is 14.6 Å². The first-order valence-electron chi connectivity index (χ1n) is 7.16. The van der Waals surface area contributed by atoms with Gasteiger partial charge in [0, 0.05) is 11.9 Å². The van der Waals surface area contributed by atoms with Crippen LogP contribution in [0.25, 0.3) is 4.96 Å². The Kier molecular flexibility index (Phi) is 5.93. The minimum absolute atomic E-state index is 0.0916. The first kappa shape index (κ1) is 16.2. The summed E-state index contributed by atoms with van der Waals surface area (Å²) >= 11 is 3.08. The number of hydrogen-bond donors (Lipinski definition) is 0. The molecule has 0 aromatic carbocycles. The maximum Gasteiger partial charge on any atom is 0.284 e. The average Bonchev–Trinajstić information content (AvgIpc) is 2.83. The van der Waals surface area contributed by atoms with E-state index in [1.165, 1.54) is 61.1 Å². The van der Waals surface area contributed by atoms with Crippen LogP contribution in [-0.4, -0.2) is 26.1 Å². The fourth-order valence-electron chi connectivity index (χ4n) is 1.92. The van der Waals surface area contributed by atoms with Gasteiger partial charge in [0.1, 0.15) is 5.56 Å². The van der Waals surface area contributed by atoms with Crippen molar-refractivity contribution in [3.05, 3.63) is 22.1 Å². The van der Waals surface area contributed by atoms with Crippen LogP contribution in [0.1, 0.15) is 56.3 Å². The van der Waals surface area contributed by atoms with E-state index in [0.29, 0.717) is 4.96 Å². The van der Waals surface area contributed by atoms with Crippen LogP contribution in [0, 0.1) is 0 Å². The van der Waals surface area contributed by atoms with E-state index >= 15 is 0 Å². The van der Waals surface area contributed by atoms with Crippen molar-refractivity contribution in [2.45, 2.75) is 50.3 Å². The van der Waals surface area contributed by atoms with E-state index in [2.05, 4.69) is 17.0 Å². The molecule has 2 heterocycles. The molecule has 0 bridgehead atoms. The summed E-state index contributed by atoms with van der Waals surface area (Å²) in [6, 6.07) is 0. The Morgan fingerprint density at radius 1 is 1.33 bits per heavy atom. The zero-order valence-corrected chi connectivity index (χ0v) is 13.9. The molecule has 7 heteroatoms. The number of Topliss-reactive ketones (excluding diaryl/α,β-unsaturated/α-hetero) is 1. The summed E-state index contributed by atoms with van der Waals surface area (Å²) < 4.78 is 2.42. The van der Waals surface area contributed by atoms with Crippen molar-refractivity contribution in [1.29, 1.82) is 0 Å². The molecule has 21 heavy (non-hydrogen) atoms. The van der Waals surface area contributed by atoms with E-state index < -0.39 is 5.56 Å². The molecule has 2 rings (SSSR count). The molecule has 0 N–H and O–H groups in total. The van der Waals surface area contributed by atoms with E-state index in [0.717, 1.165) is 10.1 Å². The summed E-state index contributed by atoms with van der Waals surface area (Å²) in [6.07, 6.45) is 7.74. The van der Waals surface area contributed by atoms with Gasteiger partial charge in [0.15, 0.2) is 10.1 Å². The zero-order chi connectivity index (χ0) is 15.2. The summed E-state index contributed by atoms with van der Waals surface area (Å²) in [5.41, 5.74) is -0.379. The van der Waals surface area contributed by atoms with Gasteiger partial charge in [-0.2, -0.15) is 4.98 Å². The van der Waals surface area contributed by atoms with E-state index in [9.17, 15) is 9.59 Å². The number of nitrogens with zero attached hydrogens (tertiary/aromatic N) is 3. The molecule has 2 aromatic rings. The van der Waals surface area contributed by atoms with Crippen molar-refractivity contribution in [3.63, 3.8) is 0 Å². The van der Waals surface area contributed by atoms with Gasteiger partial charge in [-0.05, 0) is 13.3 Å². The lowest BCUT2D eigenvalue weighted by molar-refractivity contribution is 0.101. The smallest absolute Gasteiger partial charge is 0.284 e. The highest BCUT2D eigenvalue weighted by Crippen LogP contribution is 2.24. The molecule has 0 spiro atoms. The number of hydrogen-bond acceptors (Lipinski definition) is 6. The van der Waals surface area contributed by atoms with Crippen LogP contribution in [0.3, 0.4) is 0 Å². The molecule has 0 amide bonds. The van der Waals surface area contributed by atoms with Crippen LogP contribution in [0.5, 0.6) is 0 Å². The van der Waals surface area contributed by atoms with Gasteiger partial charge in [0.25, 0.3) is 5.56 Å². The molecule has 0 aliphatic heterocycles. The summed E-state index contributed by atoms with van der Waals surface area (Å²) in [7, 11) is 0. The molecule has 0 aliphatic carbocycles. The Balaban J connectivity index is 1.99. The third-order valence-corrected chi connectivity index (χ3v) is 5.24.